The van der Waals surface area contributed by atoms with Gasteiger partial charge in [-0.1, -0.05) is 49.4 Å². The Morgan fingerprint density at radius 3 is 2.72 bits per heavy atom. The maximum absolute atomic E-state index is 12.6. The van der Waals surface area contributed by atoms with E-state index in [1.54, 1.807) is 0 Å². The Hall–Kier alpha value is -3.16. The second kappa shape index (κ2) is 9.54. The zero-order valence-corrected chi connectivity index (χ0v) is 18.3. The van der Waals surface area contributed by atoms with Crippen molar-refractivity contribution in [1.29, 1.82) is 0 Å². The van der Waals surface area contributed by atoms with Crippen LogP contribution in [0.25, 0.3) is 6.08 Å². The van der Waals surface area contributed by atoms with E-state index in [0.29, 0.717) is 12.3 Å². The first-order chi connectivity index (χ1) is 15.4. The van der Waals surface area contributed by atoms with Crippen LogP contribution in [-0.4, -0.2) is 36.5 Å². The van der Waals surface area contributed by atoms with Crippen molar-refractivity contribution in [2.45, 2.75) is 39.1 Å². The van der Waals surface area contributed by atoms with Crippen molar-refractivity contribution in [2.75, 3.05) is 18.1 Å². The second-order valence-electron chi connectivity index (χ2n) is 8.27. The molecule has 2 aromatic carbocycles. The maximum atomic E-state index is 12.6. The van der Waals surface area contributed by atoms with Gasteiger partial charge in [-0.15, -0.1) is 0 Å². The van der Waals surface area contributed by atoms with Crippen molar-refractivity contribution in [1.82, 2.24) is 5.32 Å². The minimum Gasteiger partial charge on any atom is -0.445 e. The fourth-order valence-electron chi connectivity index (χ4n) is 4.25. The van der Waals surface area contributed by atoms with E-state index in [1.807, 2.05) is 55.5 Å². The van der Waals surface area contributed by atoms with Gasteiger partial charge in [0.2, 0.25) is 5.91 Å². The van der Waals surface area contributed by atoms with Gasteiger partial charge in [0.25, 0.3) is 0 Å². The quantitative estimate of drug-likeness (QED) is 0.762. The number of hydrogen-bond acceptors (Lipinski definition) is 5. The van der Waals surface area contributed by atoms with Gasteiger partial charge >= 0.3 is 6.09 Å². The molecular weight excluding hydrogens is 408 g/mol. The van der Waals surface area contributed by atoms with Crippen LogP contribution in [0.4, 0.5) is 10.5 Å². The molecule has 4 rings (SSSR count). The van der Waals surface area contributed by atoms with Crippen molar-refractivity contribution < 1.29 is 24.2 Å². The van der Waals surface area contributed by atoms with Crippen molar-refractivity contribution in [3.63, 3.8) is 0 Å². The lowest BCUT2D eigenvalue weighted by Gasteiger charge is -2.42. The number of nitrogens with zero attached hydrogens (tertiary/aromatic N) is 1. The second-order valence-corrected chi connectivity index (χ2v) is 8.27. The van der Waals surface area contributed by atoms with Gasteiger partial charge in [-0.3, -0.25) is 9.69 Å². The number of fused-ring (bicyclic) bond motifs is 1. The lowest BCUT2D eigenvalue weighted by molar-refractivity contribution is -0.119. The van der Waals surface area contributed by atoms with Crippen LogP contribution < -0.4 is 10.2 Å². The van der Waals surface area contributed by atoms with Crippen LogP contribution in [0, 0.1) is 5.92 Å². The molecule has 32 heavy (non-hydrogen) atoms. The summed E-state index contributed by atoms with van der Waals surface area (Å²) in [6.45, 7) is 4.71. The third-order valence-corrected chi connectivity index (χ3v) is 5.96. The van der Waals surface area contributed by atoms with Crippen LogP contribution in [0.1, 0.15) is 43.0 Å². The van der Waals surface area contributed by atoms with E-state index in [1.165, 1.54) is 17.4 Å². The van der Waals surface area contributed by atoms with E-state index in [4.69, 9.17) is 9.47 Å². The van der Waals surface area contributed by atoms with Crippen LogP contribution >= 0.6 is 0 Å². The Labute approximate surface area is 187 Å². The molecule has 2 aliphatic rings. The van der Waals surface area contributed by atoms with Gasteiger partial charge in [0.1, 0.15) is 12.8 Å². The molecule has 0 saturated carbocycles. The number of carbonyl (C=O) groups is 2. The minimum absolute atomic E-state index is 0.148. The highest BCUT2D eigenvalue weighted by Crippen LogP contribution is 2.41. The summed E-state index contributed by atoms with van der Waals surface area (Å²) in [6.07, 6.45) is 1.32. The molecule has 0 bridgehead atoms. The average Bonchev–Trinajstić information content (AvgIpc) is 3.29. The molecule has 2 aliphatic heterocycles. The fraction of sp³-hybridized carbons (Fsp3) is 0.360. The molecule has 7 heteroatoms. The maximum Gasteiger partial charge on any atom is 0.407 e. The predicted octanol–water partition coefficient (Wildman–Crippen LogP) is 3.78. The number of hydrogen-bond donors (Lipinski definition) is 2. The minimum atomic E-state index is -1.06. The molecule has 0 spiro atoms. The Kier molecular flexibility index (Phi) is 6.58. The first-order valence-electron chi connectivity index (χ1n) is 10.8. The molecule has 2 heterocycles. The molecule has 0 aromatic heterocycles. The van der Waals surface area contributed by atoms with Crippen LogP contribution in [0.5, 0.6) is 0 Å². The first-order valence-corrected chi connectivity index (χ1v) is 10.8. The largest absolute Gasteiger partial charge is 0.445 e. The zero-order valence-electron chi connectivity index (χ0n) is 18.3. The van der Waals surface area contributed by atoms with Gasteiger partial charge in [-0.25, -0.2) is 4.79 Å². The normalized spacial score (nSPS) is 23.7. The van der Waals surface area contributed by atoms with Crippen LogP contribution in [0.15, 0.2) is 54.1 Å². The van der Waals surface area contributed by atoms with Crippen molar-refractivity contribution in [2.24, 2.45) is 5.92 Å². The molecule has 1 saturated heterocycles. The fourth-order valence-corrected chi connectivity index (χ4v) is 4.25. The number of ether oxygens (including phenoxy) is 2. The molecule has 7 nitrogen and oxygen atoms in total. The molecule has 168 valence electrons. The number of amides is 2. The van der Waals surface area contributed by atoms with E-state index in [9.17, 15) is 14.7 Å². The summed E-state index contributed by atoms with van der Waals surface area (Å²) in [7, 11) is 0. The summed E-state index contributed by atoms with van der Waals surface area (Å²) in [5.41, 5.74) is 4.39. The summed E-state index contributed by atoms with van der Waals surface area (Å²) in [6, 6.07) is 14.6. The molecule has 3 atom stereocenters. The molecule has 2 N–H and O–H groups in total. The van der Waals surface area contributed by atoms with Gasteiger partial charge in [0, 0.05) is 12.8 Å². The van der Waals surface area contributed by atoms with E-state index >= 15 is 0 Å². The first kappa shape index (κ1) is 22.0. The third-order valence-electron chi connectivity index (χ3n) is 5.96. The topological polar surface area (TPSA) is 88.1 Å². The summed E-state index contributed by atoms with van der Waals surface area (Å²) in [5.74, 6) is -0.695. The molecule has 0 radical (unpaired) electrons. The Morgan fingerprint density at radius 2 is 2.03 bits per heavy atom. The number of alkyl carbamates (subject to hydrolysis) is 1. The highest BCUT2D eigenvalue weighted by molar-refractivity contribution is 5.94. The summed E-state index contributed by atoms with van der Waals surface area (Å²) < 4.78 is 10.8. The number of carbonyl (C=O) groups excluding carboxylic acids is 2. The van der Waals surface area contributed by atoms with Crippen LogP contribution in [0.3, 0.4) is 0 Å². The van der Waals surface area contributed by atoms with Gasteiger partial charge in [-0.05, 0) is 40.8 Å². The highest BCUT2D eigenvalue weighted by atomic mass is 16.5. The van der Waals surface area contributed by atoms with Gasteiger partial charge in [0.15, 0.2) is 0 Å². The van der Waals surface area contributed by atoms with E-state index in [2.05, 4.69) is 11.4 Å². The smallest absolute Gasteiger partial charge is 0.407 e. The van der Waals surface area contributed by atoms with Crippen molar-refractivity contribution >= 4 is 23.8 Å². The third kappa shape index (κ3) is 4.69. The van der Waals surface area contributed by atoms with Crippen LogP contribution in [-0.2, 0) is 20.9 Å². The molecule has 1 fully saturated rings. The van der Waals surface area contributed by atoms with Crippen molar-refractivity contribution in [3.05, 3.63) is 70.8 Å². The molecule has 2 aromatic rings. The van der Waals surface area contributed by atoms with E-state index in [0.717, 1.165) is 29.7 Å². The lowest BCUT2D eigenvalue weighted by Crippen LogP contribution is -2.52. The monoisotopic (exact) mass is 436 g/mol. The standard InChI is InChI=1S/C25H28N2O5/c1-16-23(26-25(30)32-15-18-6-4-3-5-7-18)21-13-19(12-20-10-11-31-14-20)8-9-22(21)27(17(2)28)24(16)29/h3-9,12-13,16,23-24,29H,10-11,14-15H2,1-2H3,(H,26,30)/b20-12+/t16-,23-,24+/m1/s1. The predicted molar refractivity (Wildman–Crippen MR) is 121 cm³/mol. The SMILES string of the molecule is CC(=O)N1c2ccc(/C=C3\CCOC3)cc2[C@H](NC(=O)OCc2ccccc2)[C@@H](C)[C@@H]1O. The van der Waals surface area contributed by atoms with E-state index < -0.39 is 24.3 Å². The molecule has 0 aliphatic carbocycles. The van der Waals surface area contributed by atoms with Gasteiger partial charge in [0.05, 0.1) is 24.9 Å². The average molecular weight is 437 g/mol. The number of nitrogens with one attached hydrogen (secondary N) is 1. The van der Waals surface area contributed by atoms with Gasteiger partial charge in [-0.2, -0.15) is 0 Å². The number of benzene rings is 2. The van der Waals surface area contributed by atoms with Crippen molar-refractivity contribution in [3.8, 4) is 0 Å². The summed E-state index contributed by atoms with van der Waals surface area (Å²) in [4.78, 5) is 26.3. The molecule has 2 amide bonds. The summed E-state index contributed by atoms with van der Waals surface area (Å²) in [5, 5.41) is 13.7. The number of rotatable bonds is 4. The Bertz CT molecular complexity index is 1010. The number of anilines is 1. The van der Waals surface area contributed by atoms with Crippen LogP contribution in [0.2, 0.25) is 0 Å². The Balaban J connectivity index is 1.61. The lowest BCUT2D eigenvalue weighted by atomic mass is 9.85. The molecular formula is C25H28N2O5. The highest BCUT2D eigenvalue weighted by Gasteiger charge is 2.40. The van der Waals surface area contributed by atoms with E-state index in [-0.39, 0.29) is 12.5 Å². The Morgan fingerprint density at radius 1 is 1.25 bits per heavy atom. The summed E-state index contributed by atoms with van der Waals surface area (Å²) >= 11 is 0. The number of aliphatic hydroxyl groups is 1. The number of aliphatic hydroxyl groups excluding tert-OH is 1. The zero-order chi connectivity index (χ0) is 22.7. The molecule has 0 unspecified atom stereocenters. The van der Waals surface area contributed by atoms with Gasteiger partial charge < -0.3 is 19.9 Å².